The van der Waals surface area contributed by atoms with E-state index in [9.17, 15) is 25.6 Å². The first kappa shape index (κ1) is 20.6. The molecule has 0 saturated carbocycles. The Morgan fingerprint density at radius 1 is 0.964 bits per heavy atom. The quantitative estimate of drug-likeness (QED) is 0.781. The summed E-state index contributed by atoms with van der Waals surface area (Å²) in [4.78, 5) is -0.524. The standard InChI is InChI=1S/C17H18F2N2O5S2/c1-12-2-3-13(10-17(12)28(24,25)21-6-8-26-9-7-21)20-27(22,23)14-4-5-15(18)16(19)11-14/h2-5,10-11,20H,6-9H2,1H3. The number of sulfonamides is 2. The lowest BCUT2D eigenvalue weighted by atomic mass is 10.2. The summed E-state index contributed by atoms with van der Waals surface area (Å²) in [6.45, 7) is 2.56. The molecule has 0 aromatic heterocycles. The number of anilines is 1. The van der Waals surface area contributed by atoms with E-state index in [0.29, 0.717) is 17.7 Å². The van der Waals surface area contributed by atoms with E-state index in [2.05, 4.69) is 4.72 Å². The summed E-state index contributed by atoms with van der Waals surface area (Å²) in [5.74, 6) is -2.48. The lowest BCUT2D eigenvalue weighted by Gasteiger charge is -2.26. The topological polar surface area (TPSA) is 92.8 Å². The molecule has 1 heterocycles. The lowest BCUT2D eigenvalue weighted by Crippen LogP contribution is -2.40. The van der Waals surface area contributed by atoms with Gasteiger partial charge in [-0.15, -0.1) is 0 Å². The van der Waals surface area contributed by atoms with Crippen LogP contribution < -0.4 is 4.72 Å². The monoisotopic (exact) mass is 432 g/mol. The van der Waals surface area contributed by atoms with Crippen LogP contribution in [0.15, 0.2) is 46.2 Å². The van der Waals surface area contributed by atoms with Crippen LogP contribution in [0.4, 0.5) is 14.5 Å². The third-order valence-corrected chi connectivity index (χ3v) is 7.65. The minimum Gasteiger partial charge on any atom is -0.379 e. The molecular weight excluding hydrogens is 414 g/mol. The van der Waals surface area contributed by atoms with Gasteiger partial charge in [0.2, 0.25) is 10.0 Å². The molecule has 1 aliphatic rings. The van der Waals surface area contributed by atoms with Gasteiger partial charge < -0.3 is 4.74 Å². The second kappa shape index (κ2) is 7.74. The van der Waals surface area contributed by atoms with Crippen LogP contribution in [0.5, 0.6) is 0 Å². The molecule has 2 aromatic rings. The summed E-state index contributed by atoms with van der Waals surface area (Å²) >= 11 is 0. The number of hydrogen-bond acceptors (Lipinski definition) is 5. The van der Waals surface area contributed by atoms with E-state index in [4.69, 9.17) is 4.74 Å². The Kier molecular flexibility index (Phi) is 5.71. The van der Waals surface area contributed by atoms with Crippen LogP contribution in [0.3, 0.4) is 0 Å². The normalized spacial score (nSPS) is 16.1. The average Bonchev–Trinajstić information content (AvgIpc) is 2.66. The highest BCUT2D eigenvalue weighted by molar-refractivity contribution is 7.92. The highest BCUT2D eigenvalue weighted by atomic mass is 32.2. The predicted molar refractivity (Wildman–Crippen MR) is 97.9 cm³/mol. The van der Waals surface area contributed by atoms with Crippen molar-refractivity contribution >= 4 is 25.7 Å². The van der Waals surface area contributed by atoms with E-state index in [1.165, 1.54) is 22.5 Å². The van der Waals surface area contributed by atoms with Gasteiger partial charge in [0, 0.05) is 13.1 Å². The molecule has 1 saturated heterocycles. The molecule has 152 valence electrons. The minimum atomic E-state index is -4.24. The van der Waals surface area contributed by atoms with Crippen LogP contribution in [0.25, 0.3) is 0 Å². The van der Waals surface area contributed by atoms with Crippen molar-refractivity contribution in [2.75, 3.05) is 31.0 Å². The molecule has 1 fully saturated rings. The second-order valence-electron chi connectivity index (χ2n) is 6.18. The van der Waals surface area contributed by atoms with Crippen LogP contribution in [-0.2, 0) is 24.8 Å². The number of hydrogen-bond donors (Lipinski definition) is 1. The van der Waals surface area contributed by atoms with Crippen LogP contribution in [0.1, 0.15) is 5.56 Å². The summed E-state index contributed by atoms with van der Waals surface area (Å²) in [5.41, 5.74) is 0.435. The number of rotatable bonds is 5. The van der Waals surface area contributed by atoms with E-state index < -0.39 is 36.6 Å². The first-order valence-electron chi connectivity index (χ1n) is 8.28. The van der Waals surface area contributed by atoms with Crippen molar-refractivity contribution in [1.29, 1.82) is 0 Å². The molecule has 0 radical (unpaired) electrons. The van der Waals surface area contributed by atoms with Crippen molar-refractivity contribution in [3.8, 4) is 0 Å². The molecule has 7 nitrogen and oxygen atoms in total. The highest BCUT2D eigenvalue weighted by Crippen LogP contribution is 2.26. The van der Waals surface area contributed by atoms with Crippen molar-refractivity contribution in [1.82, 2.24) is 4.31 Å². The largest absolute Gasteiger partial charge is 0.379 e. The maximum Gasteiger partial charge on any atom is 0.261 e. The summed E-state index contributed by atoms with van der Waals surface area (Å²) in [5, 5.41) is 0. The zero-order valence-corrected chi connectivity index (χ0v) is 16.5. The van der Waals surface area contributed by atoms with Gasteiger partial charge in [-0.1, -0.05) is 6.07 Å². The molecule has 0 bridgehead atoms. The van der Waals surface area contributed by atoms with Gasteiger partial charge in [0.25, 0.3) is 10.0 Å². The maximum atomic E-state index is 13.4. The van der Waals surface area contributed by atoms with Crippen LogP contribution in [0, 0.1) is 18.6 Å². The molecule has 3 rings (SSSR count). The van der Waals surface area contributed by atoms with Crippen LogP contribution >= 0.6 is 0 Å². The Hall–Kier alpha value is -2.08. The number of benzene rings is 2. The minimum absolute atomic E-state index is 0.0119. The number of nitrogens with zero attached hydrogens (tertiary/aromatic N) is 1. The average molecular weight is 432 g/mol. The summed E-state index contributed by atoms with van der Waals surface area (Å²) in [6, 6.07) is 6.24. The molecule has 0 atom stereocenters. The highest BCUT2D eigenvalue weighted by Gasteiger charge is 2.28. The Morgan fingerprint density at radius 3 is 2.29 bits per heavy atom. The van der Waals surface area contributed by atoms with Gasteiger partial charge in [-0.25, -0.2) is 25.6 Å². The Balaban J connectivity index is 1.93. The predicted octanol–water partition coefficient (Wildman–Crippen LogP) is 2.09. The zero-order chi connectivity index (χ0) is 20.5. The van der Waals surface area contributed by atoms with Gasteiger partial charge >= 0.3 is 0 Å². The first-order chi connectivity index (χ1) is 13.1. The molecule has 2 aromatic carbocycles. The molecule has 0 amide bonds. The molecule has 0 spiro atoms. The van der Waals surface area contributed by atoms with Crippen molar-refractivity contribution in [3.05, 3.63) is 53.6 Å². The van der Waals surface area contributed by atoms with E-state index in [1.54, 1.807) is 6.92 Å². The fourth-order valence-electron chi connectivity index (χ4n) is 2.73. The van der Waals surface area contributed by atoms with Gasteiger partial charge in [0.1, 0.15) is 0 Å². The third kappa shape index (κ3) is 4.17. The van der Waals surface area contributed by atoms with E-state index in [1.807, 2.05) is 0 Å². The van der Waals surface area contributed by atoms with E-state index in [-0.39, 0.29) is 36.9 Å². The van der Waals surface area contributed by atoms with Gasteiger partial charge in [0.15, 0.2) is 11.6 Å². The number of ether oxygens (including phenoxy) is 1. The third-order valence-electron chi connectivity index (χ3n) is 4.23. The Bertz CT molecular complexity index is 1100. The Labute approximate surface area is 162 Å². The second-order valence-corrected chi connectivity index (χ2v) is 9.77. The zero-order valence-electron chi connectivity index (χ0n) is 14.9. The Morgan fingerprint density at radius 2 is 1.64 bits per heavy atom. The molecular formula is C17H18F2N2O5S2. The SMILES string of the molecule is Cc1ccc(NS(=O)(=O)c2ccc(F)c(F)c2)cc1S(=O)(=O)N1CCOCC1. The maximum absolute atomic E-state index is 13.4. The fourth-order valence-corrected chi connectivity index (χ4v) is 5.45. The molecule has 1 aliphatic heterocycles. The van der Waals surface area contributed by atoms with E-state index in [0.717, 1.165) is 6.07 Å². The first-order valence-corrected chi connectivity index (χ1v) is 11.2. The summed E-state index contributed by atoms with van der Waals surface area (Å²) in [6.07, 6.45) is 0. The molecule has 28 heavy (non-hydrogen) atoms. The van der Waals surface area contributed by atoms with Crippen LogP contribution in [-0.4, -0.2) is 47.4 Å². The van der Waals surface area contributed by atoms with Crippen molar-refractivity contribution in [2.45, 2.75) is 16.7 Å². The molecule has 0 unspecified atom stereocenters. The summed E-state index contributed by atoms with van der Waals surface area (Å²) in [7, 11) is -8.08. The number of morpholine rings is 1. The van der Waals surface area contributed by atoms with Gasteiger partial charge in [-0.2, -0.15) is 4.31 Å². The number of aryl methyl sites for hydroxylation is 1. The van der Waals surface area contributed by atoms with E-state index >= 15 is 0 Å². The molecule has 1 N–H and O–H groups in total. The number of halogens is 2. The number of nitrogens with one attached hydrogen (secondary N) is 1. The van der Waals surface area contributed by atoms with Gasteiger partial charge in [0.05, 0.1) is 28.7 Å². The van der Waals surface area contributed by atoms with Crippen molar-refractivity contribution < 1.29 is 30.4 Å². The lowest BCUT2D eigenvalue weighted by molar-refractivity contribution is 0.0730. The van der Waals surface area contributed by atoms with Crippen molar-refractivity contribution in [3.63, 3.8) is 0 Å². The van der Waals surface area contributed by atoms with Crippen molar-refractivity contribution in [2.24, 2.45) is 0 Å². The fraction of sp³-hybridized carbons (Fsp3) is 0.294. The molecule has 0 aliphatic carbocycles. The smallest absolute Gasteiger partial charge is 0.261 e. The summed E-state index contributed by atoms with van der Waals surface area (Å²) < 4.78 is 85.7. The molecule has 11 heteroatoms. The van der Waals surface area contributed by atoms with Crippen LogP contribution in [0.2, 0.25) is 0 Å². The van der Waals surface area contributed by atoms with Gasteiger partial charge in [-0.05, 0) is 42.8 Å². The van der Waals surface area contributed by atoms with Gasteiger partial charge in [-0.3, -0.25) is 4.72 Å².